The van der Waals surface area contributed by atoms with Crippen LogP contribution in [0.15, 0.2) is 36.4 Å². The molecule has 4 N–H and O–H groups in total. The van der Waals surface area contributed by atoms with Gasteiger partial charge in [-0.1, -0.05) is 31.5 Å². The first-order valence-corrected chi connectivity index (χ1v) is 11.6. The second-order valence-corrected chi connectivity index (χ2v) is 11.3. The fraction of sp³-hybridized carbons (Fsp3) is 0.238. The Morgan fingerprint density at radius 3 is 1.73 bits per heavy atom. The quantitative estimate of drug-likeness (QED) is 0.482. The number of anilines is 2. The maximum absolute atomic E-state index is 5.67. The van der Waals surface area contributed by atoms with E-state index in [9.17, 15) is 0 Å². The van der Waals surface area contributed by atoms with Crippen LogP contribution in [0.5, 0.6) is 11.5 Å². The van der Waals surface area contributed by atoms with Crippen molar-refractivity contribution in [3.63, 3.8) is 0 Å². The molecule has 26 heavy (non-hydrogen) atoms. The Kier molecular flexibility index (Phi) is 7.65. The molecule has 0 saturated carbocycles. The van der Waals surface area contributed by atoms with Crippen LogP contribution in [-0.4, -0.2) is 22.3 Å². The normalized spacial score (nSPS) is 9.69. The largest absolute Gasteiger partial charge is 0.495 e. The summed E-state index contributed by atoms with van der Waals surface area (Å²) in [4.78, 5) is 0. The third-order valence-corrected chi connectivity index (χ3v) is 4.05. The van der Waals surface area contributed by atoms with Gasteiger partial charge in [0.2, 0.25) is 0 Å². The molecule has 0 aliphatic rings. The van der Waals surface area contributed by atoms with E-state index in [2.05, 4.69) is 37.0 Å². The smallest absolute Gasteiger partial charge is 0.136 e. The zero-order valence-corrected chi connectivity index (χ0v) is 17.0. The summed E-state index contributed by atoms with van der Waals surface area (Å²) < 4.78 is 10.2. The lowest BCUT2D eigenvalue weighted by molar-refractivity contribution is 0.414. The summed E-state index contributed by atoms with van der Waals surface area (Å²) >= 11 is 0. The average Bonchev–Trinajstić information content (AvgIpc) is 2.60. The fourth-order valence-electron chi connectivity index (χ4n) is 1.89. The third-order valence-electron chi connectivity index (χ3n) is 3.18. The van der Waals surface area contributed by atoms with Gasteiger partial charge >= 0.3 is 0 Å². The van der Waals surface area contributed by atoms with Crippen molar-refractivity contribution in [3.8, 4) is 35.3 Å². The van der Waals surface area contributed by atoms with Crippen molar-refractivity contribution in [1.29, 1.82) is 0 Å². The molecular weight excluding hydrogens is 340 g/mol. The van der Waals surface area contributed by atoms with E-state index < -0.39 is 8.07 Å². The number of hydrogen-bond donors (Lipinski definition) is 2. The zero-order valence-electron chi connectivity index (χ0n) is 16.0. The molecule has 0 spiro atoms. The number of nitrogens with two attached hydrogens (primary N) is 2. The van der Waals surface area contributed by atoms with Crippen LogP contribution in [0, 0.1) is 23.8 Å². The summed E-state index contributed by atoms with van der Waals surface area (Å²) in [6.07, 6.45) is 5.21. The lowest BCUT2D eigenvalue weighted by Crippen LogP contribution is -2.16. The highest BCUT2D eigenvalue weighted by Gasteiger charge is 2.08. The fourth-order valence-corrected chi connectivity index (χ4v) is 2.40. The Hall–Kier alpha value is -3.02. The minimum atomic E-state index is -1.34. The molecule has 0 bridgehead atoms. The number of benzene rings is 2. The maximum atomic E-state index is 5.67. The Morgan fingerprint density at radius 2 is 1.31 bits per heavy atom. The molecule has 0 atom stereocenters. The van der Waals surface area contributed by atoms with E-state index in [0.29, 0.717) is 17.1 Å². The van der Waals surface area contributed by atoms with Gasteiger partial charge in [0.1, 0.15) is 19.6 Å². The number of methoxy groups -OCH3 is 2. The topological polar surface area (TPSA) is 70.5 Å². The molecule has 0 unspecified atom stereocenters. The van der Waals surface area contributed by atoms with E-state index in [4.69, 9.17) is 27.4 Å². The van der Waals surface area contributed by atoms with Crippen LogP contribution >= 0.6 is 0 Å². The van der Waals surface area contributed by atoms with E-state index in [1.807, 2.05) is 12.1 Å². The Balaban J connectivity index is 0.000000273. The van der Waals surface area contributed by atoms with Gasteiger partial charge in [-0.15, -0.1) is 12.0 Å². The van der Waals surface area contributed by atoms with Gasteiger partial charge in [-0.25, -0.2) is 0 Å². The zero-order chi connectivity index (χ0) is 19.7. The molecule has 0 aliphatic heterocycles. The van der Waals surface area contributed by atoms with Gasteiger partial charge in [0.25, 0.3) is 0 Å². The van der Waals surface area contributed by atoms with Gasteiger partial charge in [-0.05, 0) is 24.3 Å². The number of terminal acetylenes is 1. The van der Waals surface area contributed by atoms with Gasteiger partial charge in [0.15, 0.2) is 0 Å². The van der Waals surface area contributed by atoms with Crippen molar-refractivity contribution in [3.05, 3.63) is 47.5 Å². The number of ether oxygens (including phenoxy) is 2. The molecule has 0 saturated heterocycles. The van der Waals surface area contributed by atoms with E-state index in [-0.39, 0.29) is 0 Å². The Labute approximate surface area is 157 Å². The molecule has 0 fully saturated rings. The highest BCUT2D eigenvalue weighted by molar-refractivity contribution is 6.83. The molecule has 0 radical (unpaired) electrons. The van der Waals surface area contributed by atoms with Crippen molar-refractivity contribution in [2.24, 2.45) is 0 Å². The standard InChI is InChI=1S/C12H17NOSi.C9H9NO/c1-14-12-9-11(13)6-5-10(12)7-8-15(2,3)4;1-3-7-4-5-8(10)6-9(7)11-2/h5-6,9H,13H2,1-4H3;1,4-6H,10H2,2H3. The summed E-state index contributed by atoms with van der Waals surface area (Å²) in [5.74, 6) is 7.05. The third kappa shape index (κ3) is 6.84. The summed E-state index contributed by atoms with van der Waals surface area (Å²) in [6, 6.07) is 10.8. The van der Waals surface area contributed by atoms with Gasteiger partial charge in [0, 0.05) is 23.5 Å². The second kappa shape index (κ2) is 9.46. The van der Waals surface area contributed by atoms with Crippen molar-refractivity contribution in [2.45, 2.75) is 19.6 Å². The summed E-state index contributed by atoms with van der Waals surface area (Å²) in [7, 11) is 1.86. The highest BCUT2D eigenvalue weighted by Crippen LogP contribution is 2.21. The SMILES string of the molecule is C#Cc1ccc(N)cc1OC.COc1cc(N)ccc1C#C[Si](C)(C)C. The van der Waals surface area contributed by atoms with Crippen LogP contribution in [0.2, 0.25) is 19.6 Å². The van der Waals surface area contributed by atoms with Crippen LogP contribution in [0.1, 0.15) is 11.1 Å². The van der Waals surface area contributed by atoms with E-state index in [1.54, 1.807) is 38.5 Å². The van der Waals surface area contributed by atoms with Crippen LogP contribution in [-0.2, 0) is 0 Å². The van der Waals surface area contributed by atoms with Crippen molar-refractivity contribution < 1.29 is 9.47 Å². The van der Waals surface area contributed by atoms with Crippen molar-refractivity contribution in [2.75, 3.05) is 25.7 Å². The Morgan fingerprint density at radius 1 is 0.846 bits per heavy atom. The lowest BCUT2D eigenvalue weighted by atomic mass is 10.2. The predicted molar refractivity (Wildman–Crippen MR) is 113 cm³/mol. The Bertz CT molecular complexity index is 853. The van der Waals surface area contributed by atoms with E-state index >= 15 is 0 Å². The van der Waals surface area contributed by atoms with Gasteiger partial charge in [-0.2, -0.15) is 0 Å². The predicted octanol–water partition coefficient (Wildman–Crippen LogP) is 3.77. The van der Waals surface area contributed by atoms with Crippen LogP contribution in [0.4, 0.5) is 11.4 Å². The first-order valence-electron chi connectivity index (χ1n) is 8.07. The lowest BCUT2D eigenvalue weighted by Gasteiger charge is -2.06. The summed E-state index contributed by atoms with van der Waals surface area (Å²) in [6.45, 7) is 6.64. The number of hydrogen-bond acceptors (Lipinski definition) is 4. The molecule has 2 aromatic carbocycles. The molecule has 0 aromatic heterocycles. The monoisotopic (exact) mass is 366 g/mol. The van der Waals surface area contributed by atoms with Gasteiger partial charge < -0.3 is 20.9 Å². The second-order valence-electron chi connectivity index (χ2n) is 6.56. The summed E-state index contributed by atoms with van der Waals surface area (Å²) in [5, 5.41) is 0. The van der Waals surface area contributed by atoms with Crippen molar-refractivity contribution in [1.82, 2.24) is 0 Å². The molecule has 2 aromatic rings. The van der Waals surface area contributed by atoms with Crippen LogP contribution < -0.4 is 20.9 Å². The number of rotatable bonds is 2. The van der Waals surface area contributed by atoms with E-state index in [0.717, 1.165) is 16.9 Å². The molecule has 2 rings (SSSR count). The summed E-state index contributed by atoms with van der Waals surface area (Å²) in [5.41, 5.74) is 17.5. The molecule has 4 nitrogen and oxygen atoms in total. The first kappa shape index (κ1) is 21.0. The van der Waals surface area contributed by atoms with E-state index in [1.165, 1.54) is 0 Å². The van der Waals surface area contributed by atoms with Crippen LogP contribution in [0.25, 0.3) is 0 Å². The van der Waals surface area contributed by atoms with Gasteiger partial charge in [0.05, 0.1) is 25.3 Å². The maximum Gasteiger partial charge on any atom is 0.136 e. The highest BCUT2D eigenvalue weighted by atomic mass is 28.3. The molecule has 5 heteroatoms. The molecule has 0 heterocycles. The average molecular weight is 367 g/mol. The first-order chi connectivity index (χ1) is 12.2. The molecular formula is C21H26N2O2Si. The van der Waals surface area contributed by atoms with Gasteiger partial charge in [-0.3, -0.25) is 0 Å². The van der Waals surface area contributed by atoms with Crippen LogP contribution in [0.3, 0.4) is 0 Å². The minimum Gasteiger partial charge on any atom is -0.495 e. The molecule has 0 amide bonds. The van der Waals surface area contributed by atoms with Crippen molar-refractivity contribution >= 4 is 19.4 Å². The molecule has 0 aliphatic carbocycles. The number of nitrogen functional groups attached to an aromatic ring is 2. The minimum absolute atomic E-state index is 0.646. The molecule has 136 valence electrons.